The van der Waals surface area contributed by atoms with Gasteiger partial charge in [0, 0.05) is 22.1 Å². The molecule has 2 aromatic heterocycles. The molecular weight excluding hydrogens is 454 g/mol. The average molecular weight is 476 g/mol. The van der Waals surface area contributed by atoms with Gasteiger partial charge in [-0.1, -0.05) is 109 Å². The van der Waals surface area contributed by atoms with Gasteiger partial charge >= 0.3 is 0 Å². The first-order valence-electron chi connectivity index (χ1n) is 12.3. The smallest absolute Gasteiger partial charge is 0.210 e. The molecule has 0 aliphatic carbocycles. The van der Waals surface area contributed by atoms with Crippen LogP contribution in [0.25, 0.3) is 38.0 Å². The van der Waals surface area contributed by atoms with Crippen molar-refractivity contribution in [2.24, 2.45) is 0 Å². The van der Waals surface area contributed by atoms with Crippen molar-refractivity contribution in [1.29, 1.82) is 0 Å². The third kappa shape index (κ3) is 3.29. The van der Waals surface area contributed by atoms with Gasteiger partial charge in [0.05, 0.1) is 16.7 Å². The van der Waals surface area contributed by atoms with E-state index >= 15 is 0 Å². The maximum Gasteiger partial charge on any atom is 0.210 e. The highest BCUT2D eigenvalue weighted by atomic mass is 16.1. The zero-order chi connectivity index (χ0) is 24.9. The summed E-state index contributed by atoms with van der Waals surface area (Å²) in [6, 6.07) is 41.0. The van der Waals surface area contributed by atoms with Crippen molar-refractivity contribution in [2.45, 2.75) is 0 Å². The first-order valence-corrected chi connectivity index (χ1v) is 12.3. The Labute approximate surface area is 213 Å². The first-order chi connectivity index (χ1) is 18.2. The Morgan fingerprint density at radius 3 is 1.92 bits per heavy atom. The zero-order valence-electron chi connectivity index (χ0n) is 19.9. The molecule has 2 heterocycles. The normalized spacial score (nSPS) is 11.5. The van der Waals surface area contributed by atoms with Gasteiger partial charge in [-0.2, -0.15) is 0 Å². The Morgan fingerprint density at radius 2 is 1.11 bits per heavy atom. The second kappa shape index (κ2) is 8.28. The van der Waals surface area contributed by atoms with Gasteiger partial charge in [0.15, 0.2) is 5.78 Å². The minimum atomic E-state index is -0.112. The molecule has 3 heteroatoms. The summed E-state index contributed by atoms with van der Waals surface area (Å²) >= 11 is 0. The molecule has 0 amide bonds. The van der Waals surface area contributed by atoms with E-state index in [0.29, 0.717) is 22.4 Å². The molecule has 0 fully saturated rings. The van der Waals surface area contributed by atoms with Gasteiger partial charge in [-0.3, -0.25) is 9.59 Å². The van der Waals surface area contributed by atoms with Crippen LogP contribution in [0.2, 0.25) is 0 Å². The molecule has 7 aromatic rings. The van der Waals surface area contributed by atoms with Crippen LogP contribution in [0.5, 0.6) is 0 Å². The van der Waals surface area contributed by atoms with E-state index in [4.69, 9.17) is 0 Å². The van der Waals surface area contributed by atoms with Crippen molar-refractivity contribution in [1.82, 2.24) is 4.40 Å². The maximum absolute atomic E-state index is 14.2. The number of hydrogen-bond donors (Lipinski definition) is 0. The summed E-state index contributed by atoms with van der Waals surface area (Å²) in [6.07, 6.45) is 0. The predicted molar refractivity (Wildman–Crippen MR) is 150 cm³/mol. The Hall–Kier alpha value is -5.02. The third-order valence-corrected chi connectivity index (χ3v) is 7.18. The monoisotopic (exact) mass is 475 g/mol. The molecule has 0 aliphatic rings. The highest BCUT2D eigenvalue weighted by molar-refractivity contribution is 6.21. The van der Waals surface area contributed by atoms with Crippen molar-refractivity contribution in [3.8, 4) is 0 Å². The Morgan fingerprint density at radius 1 is 0.459 bits per heavy atom. The van der Waals surface area contributed by atoms with Gasteiger partial charge in [-0.15, -0.1) is 0 Å². The van der Waals surface area contributed by atoms with Gasteiger partial charge in [-0.25, -0.2) is 0 Å². The lowest BCUT2D eigenvalue weighted by Gasteiger charge is -2.11. The van der Waals surface area contributed by atoms with E-state index < -0.39 is 0 Å². The van der Waals surface area contributed by atoms with Gasteiger partial charge in [0.2, 0.25) is 5.78 Å². The number of ketones is 2. The van der Waals surface area contributed by atoms with Crippen LogP contribution in [0, 0.1) is 0 Å². The fourth-order valence-corrected chi connectivity index (χ4v) is 5.42. The van der Waals surface area contributed by atoms with Crippen LogP contribution >= 0.6 is 0 Å². The average Bonchev–Trinajstić information content (AvgIpc) is 3.36. The maximum atomic E-state index is 14.2. The molecule has 3 nitrogen and oxygen atoms in total. The van der Waals surface area contributed by atoms with E-state index in [1.807, 2.05) is 101 Å². The summed E-state index contributed by atoms with van der Waals surface area (Å²) in [4.78, 5) is 27.9. The molecule has 174 valence electrons. The van der Waals surface area contributed by atoms with E-state index in [1.165, 1.54) is 0 Å². The van der Waals surface area contributed by atoms with E-state index in [2.05, 4.69) is 24.3 Å². The number of pyridine rings is 1. The van der Waals surface area contributed by atoms with Crippen LogP contribution in [0.15, 0.2) is 127 Å². The zero-order valence-corrected chi connectivity index (χ0v) is 19.9. The minimum Gasteiger partial charge on any atom is -0.305 e. The van der Waals surface area contributed by atoms with E-state index in [9.17, 15) is 9.59 Å². The van der Waals surface area contributed by atoms with Crippen molar-refractivity contribution in [3.63, 3.8) is 0 Å². The number of carbonyl (C=O) groups excluding carboxylic acids is 2. The van der Waals surface area contributed by atoms with Gasteiger partial charge < -0.3 is 4.40 Å². The number of aromatic nitrogens is 1. The summed E-state index contributed by atoms with van der Waals surface area (Å²) in [6.45, 7) is 0. The van der Waals surface area contributed by atoms with Crippen LogP contribution in [0.1, 0.15) is 32.0 Å². The molecule has 5 aromatic carbocycles. The highest BCUT2D eigenvalue weighted by Gasteiger charge is 2.24. The molecule has 0 unspecified atom stereocenters. The molecule has 0 bridgehead atoms. The van der Waals surface area contributed by atoms with E-state index in [1.54, 1.807) is 6.07 Å². The lowest BCUT2D eigenvalue weighted by Crippen LogP contribution is -2.06. The SMILES string of the molecule is O=C(c1ccccc1)c1cc(C(=O)c2cccc3ccccc23)n2c1ccc1c3ccccc3ccc12. The highest BCUT2D eigenvalue weighted by Crippen LogP contribution is 2.32. The standard InChI is InChI=1S/C34H21NO2/c36-33(24-11-2-1-3-12-24)29-21-32(34(37)28-16-8-13-22-9-4-7-15-26(22)28)35-30-19-17-23-10-5-6-14-25(23)27(30)18-20-31(29)35/h1-21H. The lowest BCUT2D eigenvalue weighted by molar-refractivity contribution is 0.103. The first kappa shape index (κ1) is 21.3. The Balaban J connectivity index is 1.56. The lowest BCUT2D eigenvalue weighted by atomic mass is 9.99. The topological polar surface area (TPSA) is 38.5 Å². The Kier molecular flexibility index (Phi) is 4.76. The molecular formula is C34H21NO2. The largest absolute Gasteiger partial charge is 0.305 e. The quantitative estimate of drug-likeness (QED) is 0.192. The predicted octanol–water partition coefficient (Wildman–Crippen LogP) is 7.86. The molecule has 0 radical (unpaired) electrons. The number of nitrogens with zero attached hydrogens (tertiary/aromatic N) is 1. The number of benzene rings is 5. The molecule has 0 saturated heterocycles. The second-order valence-electron chi connectivity index (χ2n) is 9.27. The summed E-state index contributed by atoms with van der Waals surface area (Å²) in [7, 11) is 0. The number of rotatable bonds is 4. The molecule has 0 spiro atoms. The van der Waals surface area contributed by atoms with Crippen LogP contribution in [0.3, 0.4) is 0 Å². The summed E-state index contributed by atoms with van der Waals surface area (Å²) in [5, 5.41) is 5.17. The summed E-state index contributed by atoms with van der Waals surface area (Å²) in [5.41, 5.74) is 3.83. The van der Waals surface area contributed by atoms with Crippen molar-refractivity contribution >= 4 is 49.5 Å². The third-order valence-electron chi connectivity index (χ3n) is 7.18. The number of carbonyl (C=O) groups is 2. The Bertz CT molecular complexity index is 2010. The van der Waals surface area contributed by atoms with Gasteiger partial charge in [0.25, 0.3) is 0 Å². The second-order valence-corrected chi connectivity index (χ2v) is 9.27. The molecule has 0 atom stereocenters. The van der Waals surface area contributed by atoms with Crippen molar-refractivity contribution < 1.29 is 9.59 Å². The van der Waals surface area contributed by atoms with Gasteiger partial charge in [-0.05, 0) is 39.7 Å². The van der Waals surface area contributed by atoms with Crippen LogP contribution < -0.4 is 0 Å². The molecule has 0 aliphatic heterocycles. The summed E-state index contributed by atoms with van der Waals surface area (Å²) in [5.74, 6) is -0.213. The van der Waals surface area contributed by atoms with Crippen molar-refractivity contribution in [2.75, 3.05) is 0 Å². The van der Waals surface area contributed by atoms with Crippen molar-refractivity contribution in [3.05, 3.63) is 150 Å². The molecule has 37 heavy (non-hydrogen) atoms. The van der Waals surface area contributed by atoms with Gasteiger partial charge in [0.1, 0.15) is 0 Å². The fraction of sp³-hybridized carbons (Fsp3) is 0. The number of hydrogen-bond acceptors (Lipinski definition) is 2. The molecule has 7 rings (SSSR count). The molecule has 0 N–H and O–H groups in total. The fourth-order valence-electron chi connectivity index (χ4n) is 5.42. The van der Waals surface area contributed by atoms with E-state index in [-0.39, 0.29) is 11.6 Å². The minimum absolute atomic E-state index is 0.102. The van der Waals surface area contributed by atoms with Crippen LogP contribution in [-0.2, 0) is 0 Å². The van der Waals surface area contributed by atoms with Crippen LogP contribution in [-0.4, -0.2) is 16.0 Å². The number of fused-ring (bicyclic) bond motifs is 6. The van der Waals surface area contributed by atoms with E-state index in [0.717, 1.165) is 38.0 Å². The molecule has 0 saturated carbocycles. The van der Waals surface area contributed by atoms with Crippen LogP contribution in [0.4, 0.5) is 0 Å². The summed E-state index contributed by atoms with van der Waals surface area (Å²) < 4.78 is 1.96.